The summed E-state index contributed by atoms with van der Waals surface area (Å²) in [6.45, 7) is -0.261. The SMILES string of the molecule is COc1cc(C=NNC(=O)CNC(=O)Nc2cccc(Cl)c2)ccc1O. The van der Waals surface area contributed by atoms with Crippen LogP contribution in [0.25, 0.3) is 0 Å². The first kappa shape index (κ1) is 19.1. The number of aromatic hydroxyl groups is 1. The van der Waals surface area contributed by atoms with Crippen molar-refractivity contribution in [3.63, 3.8) is 0 Å². The number of nitrogens with one attached hydrogen (secondary N) is 3. The average molecular weight is 377 g/mol. The molecule has 9 heteroatoms. The Kier molecular flexibility index (Phi) is 6.81. The molecule has 0 saturated heterocycles. The standard InChI is InChI=1S/C17H17ClN4O4/c1-26-15-7-11(5-6-14(15)23)9-20-22-16(24)10-19-17(25)21-13-4-2-3-12(18)8-13/h2-9,23H,10H2,1H3,(H,22,24)(H2,19,21,25). The van der Waals surface area contributed by atoms with Crippen LogP contribution in [-0.4, -0.2) is 36.9 Å². The van der Waals surface area contributed by atoms with Gasteiger partial charge in [-0.3, -0.25) is 4.79 Å². The van der Waals surface area contributed by atoms with E-state index < -0.39 is 11.9 Å². The molecule has 0 atom stereocenters. The number of halogens is 1. The predicted octanol–water partition coefficient (Wildman–Crippen LogP) is 2.33. The van der Waals surface area contributed by atoms with E-state index >= 15 is 0 Å². The van der Waals surface area contributed by atoms with Gasteiger partial charge in [0.15, 0.2) is 11.5 Å². The molecule has 0 aromatic heterocycles. The molecule has 0 aliphatic carbocycles. The molecule has 0 heterocycles. The van der Waals surface area contributed by atoms with Gasteiger partial charge < -0.3 is 20.5 Å². The highest BCUT2D eigenvalue weighted by atomic mass is 35.5. The Morgan fingerprint density at radius 1 is 1.27 bits per heavy atom. The van der Waals surface area contributed by atoms with Crippen LogP contribution in [0, 0.1) is 0 Å². The van der Waals surface area contributed by atoms with Crippen LogP contribution in [0.3, 0.4) is 0 Å². The summed E-state index contributed by atoms with van der Waals surface area (Å²) >= 11 is 5.82. The van der Waals surface area contributed by atoms with Gasteiger partial charge in [0.05, 0.1) is 13.3 Å². The number of hydrazone groups is 1. The lowest BCUT2D eigenvalue weighted by molar-refractivity contribution is -0.120. The molecular weight excluding hydrogens is 360 g/mol. The number of hydrogen-bond donors (Lipinski definition) is 4. The Bertz CT molecular complexity index is 826. The van der Waals surface area contributed by atoms with Crippen molar-refractivity contribution in [2.45, 2.75) is 0 Å². The molecule has 136 valence electrons. The number of methoxy groups -OCH3 is 1. The number of nitrogens with zero attached hydrogens (tertiary/aromatic N) is 1. The summed E-state index contributed by atoms with van der Waals surface area (Å²) in [5.41, 5.74) is 3.40. The van der Waals surface area contributed by atoms with E-state index in [2.05, 4.69) is 21.2 Å². The number of benzene rings is 2. The van der Waals surface area contributed by atoms with E-state index in [4.69, 9.17) is 16.3 Å². The number of urea groups is 1. The van der Waals surface area contributed by atoms with Crippen LogP contribution in [-0.2, 0) is 4.79 Å². The third-order valence-electron chi connectivity index (χ3n) is 3.10. The van der Waals surface area contributed by atoms with Crippen LogP contribution in [0.4, 0.5) is 10.5 Å². The summed E-state index contributed by atoms with van der Waals surface area (Å²) in [6.07, 6.45) is 1.38. The van der Waals surface area contributed by atoms with Crippen molar-refractivity contribution in [2.24, 2.45) is 5.10 Å². The predicted molar refractivity (Wildman–Crippen MR) is 98.9 cm³/mol. The van der Waals surface area contributed by atoms with Gasteiger partial charge in [0, 0.05) is 10.7 Å². The number of carbonyl (C=O) groups is 2. The molecule has 0 saturated carbocycles. The summed E-state index contributed by atoms with van der Waals surface area (Å²) in [5, 5.41) is 18.7. The molecule has 2 aromatic rings. The van der Waals surface area contributed by atoms with Crippen LogP contribution >= 0.6 is 11.6 Å². The largest absolute Gasteiger partial charge is 0.504 e. The van der Waals surface area contributed by atoms with Crippen molar-refractivity contribution in [1.82, 2.24) is 10.7 Å². The van der Waals surface area contributed by atoms with E-state index in [1.54, 1.807) is 36.4 Å². The lowest BCUT2D eigenvalue weighted by atomic mass is 10.2. The third-order valence-corrected chi connectivity index (χ3v) is 3.33. The van der Waals surface area contributed by atoms with Crippen LogP contribution in [0.1, 0.15) is 5.56 Å². The minimum Gasteiger partial charge on any atom is -0.504 e. The van der Waals surface area contributed by atoms with Gasteiger partial charge in [-0.25, -0.2) is 10.2 Å². The molecule has 0 spiro atoms. The Morgan fingerprint density at radius 3 is 2.81 bits per heavy atom. The highest BCUT2D eigenvalue weighted by molar-refractivity contribution is 6.30. The summed E-state index contributed by atoms with van der Waals surface area (Å²) < 4.78 is 4.97. The summed E-state index contributed by atoms with van der Waals surface area (Å²) in [7, 11) is 1.43. The van der Waals surface area contributed by atoms with Crippen LogP contribution in [0.5, 0.6) is 11.5 Å². The molecule has 3 amide bonds. The smallest absolute Gasteiger partial charge is 0.319 e. The van der Waals surface area contributed by atoms with E-state index in [9.17, 15) is 14.7 Å². The van der Waals surface area contributed by atoms with Crippen molar-refractivity contribution in [3.05, 3.63) is 53.1 Å². The molecule has 4 N–H and O–H groups in total. The van der Waals surface area contributed by atoms with E-state index in [1.165, 1.54) is 19.4 Å². The lowest BCUT2D eigenvalue weighted by Crippen LogP contribution is -2.37. The normalized spacial score (nSPS) is 10.4. The molecule has 26 heavy (non-hydrogen) atoms. The molecule has 0 aliphatic rings. The van der Waals surface area contributed by atoms with E-state index in [1.807, 2.05) is 0 Å². The highest BCUT2D eigenvalue weighted by Gasteiger charge is 2.05. The van der Waals surface area contributed by atoms with Crippen LogP contribution in [0.2, 0.25) is 5.02 Å². The van der Waals surface area contributed by atoms with E-state index in [0.29, 0.717) is 22.0 Å². The lowest BCUT2D eigenvalue weighted by Gasteiger charge is -2.07. The summed E-state index contributed by atoms with van der Waals surface area (Å²) in [6, 6.07) is 10.7. The fourth-order valence-corrected chi connectivity index (χ4v) is 2.09. The first-order valence-corrected chi connectivity index (χ1v) is 7.85. The van der Waals surface area contributed by atoms with Gasteiger partial charge in [-0.05, 0) is 42.0 Å². The number of anilines is 1. The number of carbonyl (C=O) groups excluding carboxylic acids is 2. The number of phenolic OH excluding ortho intramolecular Hbond substituents is 1. The Balaban J connectivity index is 1.77. The van der Waals surface area contributed by atoms with Crippen LogP contribution in [0.15, 0.2) is 47.6 Å². The molecule has 8 nitrogen and oxygen atoms in total. The van der Waals surface area contributed by atoms with Crippen molar-refractivity contribution >= 4 is 35.4 Å². The molecular formula is C17H17ClN4O4. The Hall–Kier alpha value is -3.26. The minimum absolute atomic E-state index is 0.00333. The highest BCUT2D eigenvalue weighted by Crippen LogP contribution is 2.25. The Labute approximate surface area is 154 Å². The fraction of sp³-hybridized carbons (Fsp3) is 0.118. The van der Waals surface area contributed by atoms with Crippen molar-refractivity contribution in [1.29, 1.82) is 0 Å². The molecule has 0 bridgehead atoms. The average Bonchev–Trinajstić information content (AvgIpc) is 2.61. The first-order valence-electron chi connectivity index (χ1n) is 7.47. The molecule has 2 rings (SSSR count). The van der Waals surface area contributed by atoms with Gasteiger partial charge in [0.2, 0.25) is 0 Å². The topological polar surface area (TPSA) is 112 Å². The number of phenols is 1. The Morgan fingerprint density at radius 2 is 2.08 bits per heavy atom. The molecule has 0 unspecified atom stereocenters. The summed E-state index contributed by atoms with van der Waals surface area (Å²) in [5.74, 6) is -0.212. The van der Waals surface area contributed by atoms with Crippen molar-refractivity contribution in [3.8, 4) is 11.5 Å². The van der Waals surface area contributed by atoms with Gasteiger partial charge in [-0.1, -0.05) is 17.7 Å². The van der Waals surface area contributed by atoms with E-state index in [0.717, 1.165) is 0 Å². The zero-order valence-corrected chi connectivity index (χ0v) is 14.6. The number of rotatable bonds is 6. The first-order chi connectivity index (χ1) is 12.5. The maximum absolute atomic E-state index is 11.7. The number of amides is 3. The monoisotopic (exact) mass is 376 g/mol. The van der Waals surface area contributed by atoms with Gasteiger partial charge >= 0.3 is 6.03 Å². The number of ether oxygens (including phenoxy) is 1. The molecule has 0 fully saturated rings. The maximum atomic E-state index is 11.7. The van der Waals surface area contributed by atoms with Gasteiger partial charge in [0.1, 0.15) is 6.54 Å². The second kappa shape index (κ2) is 9.28. The second-order valence-corrected chi connectivity index (χ2v) is 5.48. The maximum Gasteiger partial charge on any atom is 0.319 e. The summed E-state index contributed by atoms with van der Waals surface area (Å²) in [4.78, 5) is 23.4. The van der Waals surface area contributed by atoms with Gasteiger partial charge in [-0.2, -0.15) is 5.10 Å². The zero-order chi connectivity index (χ0) is 18.9. The van der Waals surface area contributed by atoms with Gasteiger partial charge in [0.25, 0.3) is 5.91 Å². The molecule has 2 aromatic carbocycles. The fourth-order valence-electron chi connectivity index (χ4n) is 1.89. The van der Waals surface area contributed by atoms with Crippen molar-refractivity contribution < 1.29 is 19.4 Å². The zero-order valence-electron chi connectivity index (χ0n) is 13.8. The minimum atomic E-state index is -0.547. The third kappa shape index (κ3) is 5.99. The van der Waals surface area contributed by atoms with Crippen molar-refractivity contribution in [2.75, 3.05) is 19.0 Å². The molecule has 0 aliphatic heterocycles. The van der Waals surface area contributed by atoms with E-state index in [-0.39, 0.29) is 12.3 Å². The van der Waals surface area contributed by atoms with Crippen LogP contribution < -0.4 is 20.8 Å². The number of hydrogen-bond acceptors (Lipinski definition) is 5. The second-order valence-electron chi connectivity index (χ2n) is 5.04. The molecule has 0 radical (unpaired) electrons. The quantitative estimate of drug-likeness (QED) is 0.458. The van der Waals surface area contributed by atoms with Gasteiger partial charge in [-0.15, -0.1) is 0 Å².